The van der Waals surface area contributed by atoms with E-state index in [2.05, 4.69) is 0 Å². The van der Waals surface area contributed by atoms with Crippen molar-refractivity contribution in [1.29, 1.82) is 0 Å². The molecule has 0 bridgehead atoms. The molecule has 102 valence electrons. The lowest BCUT2D eigenvalue weighted by atomic mass is 10.0. The number of nitrogens with two attached hydrogens (primary N) is 1. The number of benzene rings is 1. The summed E-state index contributed by atoms with van der Waals surface area (Å²) in [6.45, 7) is 0. The molecule has 0 aromatic heterocycles. The molecule has 0 saturated heterocycles. The summed E-state index contributed by atoms with van der Waals surface area (Å²) in [4.78, 5) is 14.3. The third-order valence-electron chi connectivity index (χ3n) is 3.85. The normalized spacial score (nSPS) is 15.4. The summed E-state index contributed by atoms with van der Waals surface area (Å²) in [5, 5.41) is 0. The Kier molecular flexibility index (Phi) is 4.53. The Labute approximate surface area is 119 Å². The molecule has 1 fully saturated rings. The van der Waals surface area contributed by atoms with Gasteiger partial charge < -0.3 is 10.6 Å². The number of nitrogens with zero attached hydrogens (tertiary/aromatic N) is 1. The minimum atomic E-state index is 0.190. The van der Waals surface area contributed by atoms with Crippen LogP contribution >= 0.6 is 12.2 Å². The number of hydrogen-bond donors (Lipinski definition) is 1. The number of rotatable bonds is 4. The zero-order valence-electron chi connectivity index (χ0n) is 11.3. The van der Waals surface area contributed by atoms with Gasteiger partial charge in [0, 0.05) is 24.7 Å². The van der Waals surface area contributed by atoms with Crippen LogP contribution in [0.5, 0.6) is 0 Å². The molecule has 2 N–H and O–H groups in total. The zero-order valence-corrected chi connectivity index (χ0v) is 12.1. The second kappa shape index (κ2) is 6.15. The van der Waals surface area contributed by atoms with Crippen molar-refractivity contribution < 1.29 is 4.79 Å². The maximum atomic E-state index is 12.2. The van der Waals surface area contributed by atoms with Crippen molar-refractivity contribution in [3.63, 3.8) is 0 Å². The summed E-state index contributed by atoms with van der Waals surface area (Å²) in [5.74, 6) is 0.765. The minimum Gasteiger partial charge on any atom is -0.389 e. The van der Waals surface area contributed by atoms with E-state index in [1.165, 1.54) is 25.7 Å². The molecule has 1 aliphatic rings. The lowest BCUT2D eigenvalue weighted by Crippen LogP contribution is -2.27. The summed E-state index contributed by atoms with van der Waals surface area (Å²) < 4.78 is 0. The topological polar surface area (TPSA) is 46.3 Å². The van der Waals surface area contributed by atoms with E-state index < -0.39 is 0 Å². The molecule has 0 unspecified atom stereocenters. The van der Waals surface area contributed by atoms with E-state index in [9.17, 15) is 4.79 Å². The smallest absolute Gasteiger partial charge is 0.226 e. The largest absolute Gasteiger partial charge is 0.389 e. The Morgan fingerprint density at radius 1 is 1.32 bits per heavy atom. The molecule has 0 radical (unpaired) electrons. The molecule has 1 saturated carbocycles. The summed E-state index contributed by atoms with van der Waals surface area (Å²) in [6.07, 6.45) is 5.59. The molecule has 19 heavy (non-hydrogen) atoms. The Morgan fingerprint density at radius 3 is 2.42 bits per heavy atom. The lowest BCUT2D eigenvalue weighted by molar-refractivity contribution is -0.119. The number of thiocarbonyl (C=S) groups is 1. The average Bonchev–Trinajstić information content (AvgIpc) is 2.90. The second-order valence-electron chi connectivity index (χ2n) is 5.22. The highest BCUT2D eigenvalue weighted by Gasteiger charge is 2.21. The van der Waals surface area contributed by atoms with Crippen molar-refractivity contribution >= 4 is 28.8 Å². The molecule has 0 spiro atoms. The molecular weight excluding hydrogens is 256 g/mol. The van der Waals surface area contributed by atoms with Crippen molar-refractivity contribution in [3.05, 3.63) is 29.8 Å². The van der Waals surface area contributed by atoms with E-state index in [1.54, 1.807) is 4.90 Å². The number of hydrogen-bond acceptors (Lipinski definition) is 2. The molecular formula is C15H20N2OS. The third kappa shape index (κ3) is 3.53. The van der Waals surface area contributed by atoms with Gasteiger partial charge >= 0.3 is 0 Å². The van der Waals surface area contributed by atoms with Gasteiger partial charge in [0.05, 0.1) is 0 Å². The lowest BCUT2D eigenvalue weighted by Gasteiger charge is -2.19. The number of anilines is 1. The van der Waals surface area contributed by atoms with Gasteiger partial charge in [-0.2, -0.15) is 0 Å². The second-order valence-corrected chi connectivity index (χ2v) is 5.66. The van der Waals surface area contributed by atoms with Crippen LogP contribution in [-0.4, -0.2) is 17.9 Å². The van der Waals surface area contributed by atoms with Crippen LogP contribution in [0.3, 0.4) is 0 Å². The van der Waals surface area contributed by atoms with Crippen LogP contribution in [-0.2, 0) is 4.79 Å². The number of carbonyl (C=O) groups excluding carboxylic acids is 1. The van der Waals surface area contributed by atoms with Gasteiger partial charge in [-0.1, -0.05) is 25.1 Å². The van der Waals surface area contributed by atoms with Crippen molar-refractivity contribution in [3.8, 4) is 0 Å². The van der Waals surface area contributed by atoms with Gasteiger partial charge in [0.15, 0.2) is 0 Å². The molecule has 4 heteroatoms. The van der Waals surface area contributed by atoms with Crippen molar-refractivity contribution in [2.24, 2.45) is 11.7 Å². The SMILES string of the molecule is CN(C(=O)CC1CCCC1)c1ccc(C(N)=S)cc1. The summed E-state index contributed by atoms with van der Waals surface area (Å²) in [7, 11) is 1.83. The summed E-state index contributed by atoms with van der Waals surface area (Å²) in [6, 6.07) is 7.50. The van der Waals surface area contributed by atoms with E-state index in [0.29, 0.717) is 17.3 Å². The average molecular weight is 276 g/mol. The Bertz CT molecular complexity index is 464. The van der Waals surface area contributed by atoms with Crippen LogP contribution < -0.4 is 10.6 Å². The molecule has 3 nitrogen and oxygen atoms in total. The van der Waals surface area contributed by atoms with Gasteiger partial charge in [0.25, 0.3) is 0 Å². The Morgan fingerprint density at radius 2 is 1.89 bits per heavy atom. The standard InChI is InChI=1S/C15H20N2OS/c1-17(14(18)10-11-4-2-3-5-11)13-8-6-12(7-9-13)15(16)19/h6-9,11H,2-5,10H2,1H3,(H2,16,19). The van der Waals surface area contributed by atoms with Crippen LogP contribution in [0.1, 0.15) is 37.7 Å². The van der Waals surface area contributed by atoms with Crippen molar-refractivity contribution in [2.45, 2.75) is 32.1 Å². The third-order valence-corrected chi connectivity index (χ3v) is 4.09. The monoisotopic (exact) mass is 276 g/mol. The maximum absolute atomic E-state index is 12.2. The molecule has 2 rings (SSSR count). The predicted octanol–water partition coefficient (Wildman–Crippen LogP) is 2.86. The molecule has 0 heterocycles. The highest BCUT2D eigenvalue weighted by atomic mass is 32.1. The first kappa shape index (κ1) is 14.0. The first-order chi connectivity index (χ1) is 9.08. The predicted molar refractivity (Wildman–Crippen MR) is 82.3 cm³/mol. The maximum Gasteiger partial charge on any atom is 0.226 e. The molecule has 0 atom stereocenters. The zero-order chi connectivity index (χ0) is 13.8. The van der Waals surface area contributed by atoms with Crippen molar-refractivity contribution in [1.82, 2.24) is 0 Å². The van der Waals surface area contributed by atoms with E-state index in [-0.39, 0.29) is 5.91 Å². The van der Waals surface area contributed by atoms with Crippen LogP contribution in [0.25, 0.3) is 0 Å². The molecule has 1 aliphatic carbocycles. The van der Waals surface area contributed by atoms with Crippen LogP contribution in [0.4, 0.5) is 5.69 Å². The molecule has 1 aromatic carbocycles. The van der Waals surface area contributed by atoms with Gasteiger partial charge in [-0.3, -0.25) is 4.79 Å². The Hall–Kier alpha value is -1.42. The van der Waals surface area contributed by atoms with E-state index in [4.69, 9.17) is 18.0 Å². The summed E-state index contributed by atoms with van der Waals surface area (Å²) in [5.41, 5.74) is 7.28. The van der Waals surface area contributed by atoms with Gasteiger partial charge in [-0.25, -0.2) is 0 Å². The van der Waals surface area contributed by atoms with Gasteiger partial charge in [-0.15, -0.1) is 0 Å². The fourth-order valence-electron chi connectivity index (χ4n) is 2.59. The van der Waals surface area contributed by atoms with E-state index in [0.717, 1.165) is 11.3 Å². The highest BCUT2D eigenvalue weighted by molar-refractivity contribution is 7.80. The number of carbonyl (C=O) groups is 1. The van der Waals surface area contributed by atoms with Crippen LogP contribution in [0.15, 0.2) is 24.3 Å². The van der Waals surface area contributed by atoms with Gasteiger partial charge in [-0.05, 0) is 43.0 Å². The fraction of sp³-hybridized carbons (Fsp3) is 0.467. The first-order valence-corrected chi connectivity index (χ1v) is 7.15. The summed E-state index contributed by atoms with van der Waals surface area (Å²) >= 11 is 4.92. The number of amides is 1. The van der Waals surface area contributed by atoms with E-state index >= 15 is 0 Å². The Balaban J connectivity index is 1.99. The van der Waals surface area contributed by atoms with Crippen molar-refractivity contribution in [2.75, 3.05) is 11.9 Å². The molecule has 1 amide bonds. The van der Waals surface area contributed by atoms with Crippen LogP contribution in [0.2, 0.25) is 0 Å². The van der Waals surface area contributed by atoms with Gasteiger partial charge in [0.1, 0.15) is 4.99 Å². The van der Waals surface area contributed by atoms with E-state index in [1.807, 2.05) is 31.3 Å². The molecule has 1 aromatic rings. The van der Waals surface area contributed by atoms with Crippen LogP contribution in [0, 0.1) is 5.92 Å². The fourth-order valence-corrected chi connectivity index (χ4v) is 2.73. The molecule has 0 aliphatic heterocycles. The highest BCUT2D eigenvalue weighted by Crippen LogP contribution is 2.28. The first-order valence-electron chi connectivity index (χ1n) is 6.74. The quantitative estimate of drug-likeness (QED) is 0.860. The minimum absolute atomic E-state index is 0.190. The van der Waals surface area contributed by atoms with Gasteiger partial charge in [0.2, 0.25) is 5.91 Å².